The number of methoxy groups -OCH3 is 3. The van der Waals surface area contributed by atoms with E-state index in [1.807, 2.05) is 19.1 Å². The fraction of sp³-hybridized carbons (Fsp3) is 0.304. The van der Waals surface area contributed by atoms with E-state index >= 15 is 0 Å². The number of aryl methyl sites for hydroxylation is 1. The van der Waals surface area contributed by atoms with E-state index in [1.165, 1.54) is 7.11 Å². The van der Waals surface area contributed by atoms with Gasteiger partial charge in [-0.15, -0.1) is 11.3 Å². The van der Waals surface area contributed by atoms with Crippen molar-refractivity contribution >= 4 is 39.7 Å². The molecule has 0 aliphatic heterocycles. The Bertz CT molecular complexity index is 1080. The highest BCUT2D eigenvalue weighted by molar-refractivity contribution is 7.16. The van der Waals surface area contributed by atoms with Gasteiger partial charge >= 0.3 is 5.97 Å². The lowest BCUT2D eigenvalue weighted by Crippen LogP contribution is -2.19. The summed E-state index contributed by atoms with van der Waals surface area (Å²) in [6.07, 6.45) is 0.878. The number of anilines is 2. The number of hydrogen-bond acceptors (Lipinski definition) is 7. The first-order valence-corrected chi connectivity index (χ1v) is 11.0. The highest BCUT2D eigenvalue weighted by atomic mass is 35.5. The van der Waals surface area contributed by atoms with Crippen LogP contribution < -0.4 is 14.4 Å². The third-order valence-corrected chi connectivity index (χ3v) is 6.09. The number of carbonyl (C=O) groups excluding carboxylic acids is 1. The van der Waals surface area contributed by atoms with Crippen LogP contribution in [0, 0.1) is 6.92 Å². The van der Waals surface area contributed by atoms with Crippen LogP contribution in [0.4, 0.5) is 10.8 Å². The Labute approximate surface area is 191 Å². The van der Waals surface area contributed by atoms with Crippen LogP contribution in [0.3, 0.4) is 0 Å². The Hall–Kier alpha value is -2.77. The fourth-order valence-electron chi connectivity index (χ4n) is 3.25. The van der Waals surface area contributed by atoms with E-state index in [2.05, 4.69) is 11.8 Å². The molecule has 0 aliphatic rings. The molecule has 0 saturated heterocycles. The minimum absolute atomic E-state index is 0.402. The number of thiazole rings is 1. The molecule has 0 aliphatic carbocycles. The normalized spacial score (nSPS) is 10.6. The summed E-state index contributed by atoms with van der Waals surface area (Å²) in [5, 5.41) is 1.37. The van der Waals surface area contributed by atoms with Crippen molar-refractivity contribution in [1.82, 2.24) is 4.98 Å². The predicted octanol–water partition coefficient (Wildman–Crippen LogP) is 6.12. The molecule has 31 heavy (non-hydrogen) atoms. The monoisotopic (exact) mass is 460 g/mol. The van der Waals surface area contributed by atoms with Gasteiger partial charge in [0.05, 0.1) is 43.3 Å². The molecule has 1 aromatic heterocycles. The molecule has 0 bridgehead atoms. The SMILES string of the molecule is CCCN(c1nc(-c2ccc(OC)cc2Cl)c(C)s1)c1cc(C(=O)OC)ccc1OC. The smallest absolute Gasteiger partial charge is 0.337 e. The number of rotatable bonds is 8. The molecule has 0 radical (unpaired) electrons. The van der Waals surface area contributed by atoms with E-state index in [-0.39, 0.29) is 0 Å². The summed E-state index contributed by atoms with van der Waals surface area (Å²) in [6.45, 7) is 4.80. The fourth-order valence-corrected chi connectivity index (χ4v) is 4.47. The molecule has 0 saturated carbocycles. The second kappa shape index (κ2) is 10.0. The van der Waals surface area contributed by atoms with Gasteiger partial charge in [0.15, 0.2) is 5.13 Å². The predicted molar refractivity (Wildman–Crippen MR) is 125 cm³/mol. The van der Waals surface area contributed by atoms with E-state index in [4.69, 9.17) is 30.8 Å². The Kier molecular flexibility index (Phi) is 7.41. The number of benzene rings is 2. The van der Waals surface area contributed by atoms with Crippen LogP contribution in [0.5, 0.6) is 11.5 Å². The van der Waals surface area contributed by atoms with Crippen LogP contribution in [-0.4, -0.2) is 38.8 Å². The number of ether oxygens (including phenoxy) is 3. The topological polar surface area (TPSA) is 60.9 Å². The Balaban J connectivity index is 2.10. The molecule has 6 nitrogen and oxygen atoms in total. The van der Waals surface area contributed by atoms with E-state index in [0.29, 0.717) is 28.6 Å². The largest absolute Gasteiger partial charge is 0.497 e. The Morgan fingerprint density at radius 2 is 1.90 bits per heavy atom. The average Bonchev–Trinajstić information content (AvgIpc) is 3.17. The van der Waals surface area contributed by atoms with Gasteiger partial charge in [-0.05, 0) is 49.7 Å². The lowest BCUT2D eigenvalue weighted by molar-refractivity contribution is 0.0600. The van der Waals surface area contributed by atoms with Crippen molar-refractivity contribution in [3.05, 3.63) is 51.9 Å². The van der Waals surface area contributed by atoms with E-state index in [1.54, 1.807) is 49.8 Å². The van der Waals surface area contributed by atoms with Gasteiger partial charge in [0.25, 0.3) is 0 Å². The van der Waals surface area contributed by atoms with E-state index < -0.39 is 5.97 Å². The average molecular weight is 461 g/mol. The first-order valence-electron chi connectivity index (χ1n) is 9.78. The molecular formula is C23H25ClN2O4S. The maximum atomic E-state index is 12.1. The summed E-state index contributed by atoms with van der Waals surface area (Å²) in [4.78, 5) is 20.1. The van der Waals surface area contributed by atoms with Crippen molar-refractivity contribution in [2.45, 2.75) is 20.3 Å². The molecule has 2 aromatic carbocycles. The number of carbonyl (C=O) groups is 1. The first-order chi connectivity index (χ1) is 14.9. The van der Waals surface area contributed by atoms with Crippen LogP contribution >= 0.6 is 22.9 Å². The molecule has 3 aromatic rings. The zero-order valence-electron chi connectivity index (χ0n) is 18.2. The van der Waals surface area contributed by atoms with Crippen LogP contribution in [-0.2, 0) is 4.74 Å². The van der Waals surface area contributed by atoms with Crippen molar-refractivity contribution in [2.24, 2.45) is 0 Å². The number of halogens is 1. The summed E-state index contributed by atoms with van der Waals surface area (Å²) in [7, 11) is 4.58. The molecule has 0 unspecified atom stereocenters. The summed E-state index contributed by atoms with van der Waals surface area (Å²) < 4.78 is 15.7. The van der Waals surface area contributed by atoms with Crippen molar-refractivity contribution in [1.29, 1.82) is 0 Å². The third-order valence-electron chi connectivity index (χ3n) is 4.79. The number of hydrogen-bond donors (Lipinski definition) is 0. The molecule has 0 atom stereocenters. The number of aromatic nitrogens is 1. The van der Waals surface area contributed by atoms with Crippen LogP contribution in [0.25, 0.3) is 11.3 Å². The maximum absolute atomic E-state index is 12.1. The summed E-state index contributed by atoms with van der Waals surface area (Å²) >= 11 is 8.06. The second-order valence-corrected chi connectivity index (χ2v) is 8.37. The summed E-state index contributed by atoms with van der Waals surface area (Å²) in [6, 6.07) is 10.8. The summed E-state index contributed by atoms with van der Waals surface area (Å²) in [5.74, 6) is 0.943. The highest BCUT2D eigenvalue weighted by Gasteiger charge is 2.22. The van der Waals surface area contributed by atoms with Gasteiger partial charge in [0.1, 0.15) is 11.5 Å². The molecule has 8 heteroatoms. The molecule has 0 spiro atoms. The molecule has 0 amide bonds. The van der Waals surface area contributed by atoms with Crippen molar-refractivity contribution in [2.75, 3.05) is 32.8 Å². The first kappa shape index (κ1) is 22.9. The van der Waals surface area contributed by atoms with Gasteiger partial charge in [0.2, 0.25) is 0 Å². The van der Waals surface area contributed by atoms with E-state index in [0.717, 1.165) is 33.4 Å². The van der Waals surface area contributed by atoms with Gasteiger partial charge in [-0.1, -0.05) is 18.5 Å². The zero-order valence-corrected chi connectivity index (χ0v) is 19.8. The minimum atomic E-state index is -0.402. The lowest BCUT2D eigenvalue weighted by Gasteiger charge is -2.24. The van der Waals surface area contributed by atoms with Crippen molar-refractivity contribution in [3.8, 4) is 22.8 Å². The van der Waals surface area contributed by atoms with Gasteiger partial charge < -0.3 is 19.1 Å². The number of esters is 1. The minimum Gasteiger partial charge on any atom is -0.497 e. The number of nitrogens with zero attached hydrogens (tertiary/aromatic N) is 2. The Morgan fingerprint density at radius 1 is 1.13 bits per heavy atom. The Morgan fingerprint density at radius 3 is 2.52 bits per heavy atom. The van der Waals surface area contributed by atoms with E-state index in [9.17, 15) is 4.79 Å². The highest BCUT2D eigenvalue weighted by Crippen LogP contribution is 2.41. The van der Waals surface area contributed by atoms with Crippen LogP contribution in [0.15, 0.2) is 36.4 Å². The molecule has 164 valence electrons. The van der Waals surface area contributed by atoms with Gasteiger partial charge in [0, 0.05) is 17.0 Å². The van der Waals surface area contributed by atoms with Crippen molar-refractivity contribution < 1.29 is 19.0 Å². The molecule has 0 fully saturated rings. The molecule has 0 N–H and O–H groups in total. The zero-order chi connectivity index (χ0) is 22.5. The van der Waals surface area contributed by atoms with Gasteiger partial charge in [-0.25, -0.2) is 9.78 Å². The molecule has 1 heterocycles. The second-order valence-electron chi connectivity index (χ2n) is 6.78. The molecule has 3 rings (SSSR count). The molecular weight excluding hydrogens is 436 g/mol. The quantitative estimate of drug-likeness (QED) is 0.377. The van der Waals surface area contributed by atoms with Crippen LogP contribution in [0.1, 0.15) is 28.6 Å². The standard InChI is InChI=1S/C23H25ClN2O4S/c1-6-11-26(19-12-15(22(27)30-5)7-10-20(19)29-4)23-25-21(14(2)31-23)17-9-8-16(28-3)13-18(17)24/h7-10,12-13H,6,11H2,1-5H3. The maximum Gasteiger partial charge on any atom is 0.337 e. The van der Waals surface area contributed by atoms with Gasteiger partial charge in [-0.3, -0.25) is 0 Å². The lowest BCUT2D eigenvalue weighted by atomic mass is 10.1. The third kappa shape index (κ3) is 4.78. The summed E-state index contributed by atoms with van der Waals surface area (Å²) in [5.41, 5.74) is 2.87. The van der Waals surface area contributed by atoms with Gasteiger partial charge in [-0.2, -0.15) is 0 Å². The van der Waals surface area contributed by atoms with Crippen LogP contribution in [0.2, 0.25) is 5.02 Å². The van der Waals surface area contributed by atoms with Crippen molar-refractivity contribution in [3.63, 3.8) is 0 Å².